The molecule has 0 saturated heterocycles. The molecule has 0 amide bonds. The molecule has 0 spiro atoms. The summed E-state index contributed by atoms with van der Waals surface area (Å²) in [6.45, 7) is 0.488. The summed E-state index contributed by atoms with van der Waals surface area (Å²) in [5.74, 6) is -0.803. The molecule has 0 aliphatic carbocycles. The first kappa shape index (κ1) is 11.7. The molecule has 2 aromatic heterocycles. The highest BCUT2D eigenvalue weighted by molar-refractivity contribution is 5.11. The molecule has 0 saturated carbocycles. The van der Waals surface area contributed by atoms with Crippen LogP contribution < -0.4 is 5.73 Å². The number of nitrogens with zero attached hydrogens (tertiary/aromatic N) is 2. The second kappa shape index (κ2) is 4.25. The lowest BCUT2D eigenvalue weighted by atomic mass is 10.4. The summed E-state index contributed by atoms with van der Waals surface area (Å²) < 4.78 is 42.9. The normalized spacial score (nSPS) is 12.0. The highest BCUT2D eigenvalue weighted by Crippen LogP contribution is 2.30. The van der Waals surface area contributed by atoms with Crippen LogP contribution in [0.15, 0.2) is 28.9 Å². The summed E-state index contributed by atoms with van der Waals surface area (Å²) in [5.41, 5.74) is 6.20. The molecule has 2 rings (SSSR count). The van der Waals surface area contributed by atoms with Gasteiger partial charge in [0.15, 0.2) is 0 Å². The van der Waals surface area contributed by atoms with Crippen LogP contribution in [0.25, 0.3) is 0 Å². The molecule has 0 aromatic carbocycles. The molecule has 7 heteroatoms. The van der Waals surface area contributed by atoms with Crippen LogP contribution >= 0.6 is 0 Å². The predicted octanol–water partition coefficient (Wildman–Crippen LogP) is 2.00. The van der Waals surface area contributed by atoms with Crippen molar-refractivity contribution in [1.82, 2.24) is 9.78 Å². The van der Waals surface area contributed by atoms with Crippen molar-refractivity contribution in [2.75, 3.05) is 0 Å². The topological polar surface area (TPSA) is 57.0 Å². The molecule has 0 aliphatic heterocycles. The second-order valence-electron chi connectivity index (χ2n) is 3.51. The first-order chi connectivity index (χ1) is 7.99. The van der Waals surface area contributed by atoms with Gasteiger partial charge in [-0.3, -0.25) is 4.68 Å². The first-order valence-electron chi connectivity index (χ1n) is 4.86. The van der Waals surface area contributed by atoms with Gasteiger partial charge in [-0.05, 0) is 12.1 Å². The monoisotopic (exact) mass is 245 g/mol. The zero-order valence-electron chi connectivity index (χ0n) is 8.74. The molecule has 0 atom stereocenters. The molecule has 2 N–H and O–H groups in total. The van der Waals surface area contributed by atoms with Gasteiger partial charge in [0.25, 0.3) is 0 Å². The van der Waals surface area contributed by atoms with Crippen molar-refractivity contribution >= 4 is 0 Å². The maximum absolute atomic E-state index is 12.3. The lowest BCUT2D eigenvalue weighted by Crippen LogP contribution is -2.03. The van der Waals surface area contributed by atoms with Gasteiger partial charge in [-0.1, -0.05) is 0 Å². The summed E-state index contributed by atoms with van der Waals surface area (Å²) in [5, 5.41) is 3.95. The van der Waals surface area contributed by atoms with Crippen molar-refractivity contribution in [1.29, 1.82) is 0 Å². The number of rotatable bonds is 3. The fourth-order valence-corrected chi connectivity index (χ4v) is 1.37. The Morgan fingerprint density at radius 3 is 2.65 bits per heavy atom. The minimum atomic E-state index is -4.45. The van der Waals surface area contributed by atoms with Gasteiger partial charge in [-0.15, -0.1) is 0 Å². The molecule has 0 radical (unpaired) electrons. The average molecular weight is 245 g/mol. The number of alkyl halides is 3. The van der Waals surface area contributed by atoms with E-state index in [1.54, 1.807) is 12.4 Å². The maximum atomic E-state index is 12.3. The number of hydrogen-bond acceptors (Lipinski definition) is 3. The lowest BCUT2D eigenvalue weighted by molar-refractivity contribution is -0.153. The van der Waals surface area contributed by atoms with Crippen LogP contribution in [0.1, 0.15) is 17.1 Å². The maximum Gasteiger partial charge on any atom is 0.449 e. The SMILES string of the molecule is NCc1cnn(Cc2ccc(C(F)(F)F)o2)c1. The number of halogens is 3. The van der Waals surface area contributed by atoms with Crippen LogP contribution in [0, 0.1) is 0 Å². The van der Waals surface area contributed by atoms with Crippen LogP contribution in [0.4, 0.5) is 13.2 Å². The van der Waals surface area contributed by atoms with Gasteiger partial charge in [0.2, 0.25) is 5.76 Å². The van der Waals surface area contributed by atoms with Crippen LogP contribution in [0.5, 0.6) is 0 Å². The molecule has 2 heterocycles. The van der Waals surface area contributed by atoms with Crippen LogP contribution in [-0.4, -0.2) is 9.78 Å². The van der Waals surface area contributed by atoms with Crippen molar-refractivity contribution < 1.29 is 17.6 Å². The van der Waals surface area contributed by atoms with E-state index in [1.165, 1.54) is 10.7 Å². The van der Waals surface area contributed by atoms with E-state index in [0.29, 0.717) is 6.54 Å². The Labute approximate surface area is 94.8 Å². The van der Waals surface area contributed by atoms with E-state index < -0.39 is 11.9 Å². The van der Waals surface area contributed by atoms with E-state index in [-0.39, 0.29) is 12.3 Å². The van der Waals surface area contributed by atoms with Crippen LogP contribution in [0.3, 0.4) is 0 Å². The third-order valence-electron chi connectivity index (χ3n) is 2.18. The standard InChI is InChI=1S/C10H10F3N3O/c11-10(12,13)9-2-1-8(17-9)6-16-5-7(3-14)4-15-16/h1-2,4-5H,3,6,14H2. The summed E-state index contributed by atoms with van der Waals surface area (Å²) in [4.78, 5) is 0. The smallest absolute Gasteiger partial charge is 0.449 e. The predicted molar refractivity (Wildman–Crippen MR) is 52.9 cm³/mol. The summed E-state index contributed by atoms with van der Waals surface area (Å²) in [7, 11) is 0. The van der Waals surface area contributed by atoms with Crippen LogP contribution in [-0.2, 0) is 19.3 Å². The van der Waals surface area contributed by atoms with E-state index in [4.69, 9.17) is 5.73 Å². The summed E-state index contributed by atoms with van der Waals surface area (Å²) >= 11 is 0. The molecule has 0 bridgehead atoms. The van der Waals surface area contributed by atoms with Gasteiger partial charge >= 0.3 is 6.18 Å². The summed E-state index contributed by atoms with van der Waals surface area (Å²) in [6, 6.07) is 2.19. The molecule has 4 nitrogen and oxygen atoms in total. The number of aromatic nitrogens is 2. The van der Waals surface area contributed by atoms with Crippen molar-refractivity contribution in [3.05, 3.63) is 41.6 Å². The highest BCUT2D eigenvalue weighted by atomic mass is 19.4. The molecule has 2 aromatic rings. The second-order valence-corrected chi connectivity index (χ2v) is 3.51. The molecule has 0 aliphatic rings. The number of furan rings is 1. The molecular formula is C10H10F3N3O. The number of nitrogens with two attached hydrogens (primary N) is 1. The van der Waals surface area contributed by atoms with Gasteiger partial charge in [0, 0.05) is 18.3 Å². The van der Waals surface area contributed by atoms with Gasteiger partial charge < -0.3 is 10.2 Å². The van der Waals surface area contributed by atoms with Gasteiger partial charge in [-0.25, -0.2) is 0 Å². The molecule has 0 fully saturated rings. The third-order valence-corrected chi connectivity index (χ3v) is 2.18. The quantitative estimate of drug-likeness (QED) is 0.899. The molecule has 0 unspecified atom stereocenters. The van der Waals surface area contributed by atoms with E-state index >= 15 is 0 Å². The Kier molecular flexibility index (Phi) is 2.93. The lowest BCUT2D eigenvalue weighted by Gasteiger charge is -2.01. The van der Waals surface area contributed by atoms with Crippen molar-refractivity contribution in [2.24, 2.45) is 5.73 Å². The third kappa shape index (κ3) is 2.68. The van der Waals surface area contributed by atoms with Crippen molar-refractivity contribution in [2.45, 2.75) is 19.3 Å². The largest absolute Gasteiger partial charge is 0.455 e. The fourth-order valence-electron chi connectivity index (χ4n) is 1.37. The minimum absolute atomic E-state index is 0.149. The van der Waals surface area contributed by atoms with E-state index in [1.807, 2.05) is 0 Å². The number of hydrogen-bond donors (Lipinski definition) is 1. The van der Waals surface area contributed by atoms with Gasteiger partial charge in [0.05, 0.1) is 12.7 Å². The van der Waals surface area contributed by atoms with Crippen molar-refractivity contribution in [3.8, 4) is 0 Å². The Morgan fingerprint density at radius 2 is 2.12 bits per heavy atom. The Bertz CT molecular complexity index is 501. The van der Waals surface area contributed by atoms with E-state index in [9.17, 15) is 13.2 Å². The fraction of sp³-hybridized carbons (Fsp3) is 0.300. The van der Waals surface area contributed by atoms with Crippen LogP contribution in [0.2, 0.25) is 0 Å². The van der Waals surface area contributed by atoms with Crippen molar-refractivity contribution in [3.63, 3.8) is 0 Å². The van der Waals surface area contributed by atoms with E-state index in [0.717, 1.165) is 11.6 Å². The molecule has 17 heavy (non-hydrogen) atoms. The Morgan fingerprint density at radius 1 is 1.35 bits per heavy atom. The van der Waals surface area contributed by atoms with Gasteiger partial charge in [0.1, 0.15) is 5.76 Å². The zero-order valence-corrected chi connectivity index (χ0v) is 8.74. The molecule has 92 valence electrons. The Balaban J connectivity index is 2.11. The zero-order chi connectivity index (χ0) is 12.5. The highest BCUT2D eigenvalue weighted by Gasteiger charge is 2.34. The Hall–Kier alpha value is -1.76. The van der Waals surface area contributed by atoms with E-state index in [2.05, 4.69) is 9.52 Å². The minimum Gasteiger partial charge on any atom is -0.455 e. The average Bonchev–Trinajstić information content (AvgIpc) is 2.86. The molecular weight excluding hydrogens is 235 g/mol. The van der Waals surface area contributed by atoms with Gasteiger partial charge in [-0.2, -0.15) is 18.3 Å². The summed E-state index contributed by atoms with van der Waals surface area (Å²) in [6.07, 6.45) is -1.23. The first-order valence-corrected chi connectivity index (χ1v) is 4.86.